The molecule has 0 saturated heterocycles. The molecule has 2 aromatic heterocycles. The van der Waals surface area contributed by atoms with Gasteiger partial charge >= 0.3 is 0 Å². The minimum Gasteiger partial charge on any atom is -0.507 e. The molecule has 0 aliphatic rings. The van der Waals surface area contributed by atoms with Crippen LogP contribution in [-0.2, 0) is 5.41 Å². The van der Waals surface area contributed by atoms with Gasteiger partial charge in [0.05, 0.1) is 28.0 Å². The number of nitrogens with zero attached hydrogens (tertiary/aromatic N) is 3. The monoisotopic (exact) mass is 782 g/mol. The van der Waals surface area contributed by atoms with Gasteiger partial charge in [-0.15, -0.1) is 0 Å². The summed E-state index contributed by atoms with van der Waals surface area (Å²) in [5, 5.41) is 11.8. The highest BCUT2D eigenvalue weighted by molar-refractivity contribution is 5.98. The van der Waals surface area contributed by atoms with Crippen LogP contribution in [0.1, 0.15) is 53.6 Å². The van der Waals surface area contributed by atoms with Gasteiger partial charge in [0.2, 0.25) is 0 Å². The van der Waals surface area contributed by atoms with Crippen molar-refractivity contribution in [3.05, 3.63) is 192 Å². The molecule has 4 heteroatoms. The molecule has 0 radical (unpaired) electrons. The molecule has 0 aliphatic carbocycles. The molecule has 9 rings (SSSR count). The molecule has 60 heavy (non-hydrogen) atoms. The number of para-hydroxylation sites is 1. The molecule has 0 atom stereocenters. The van der Waals surface area contributed by atoms with E-state index in [1.165, 1.54) is 5.56 Å². The largest absolute Gasteiger partial charge is 0.507 e. The van der Waals surface area contributed by atoms with Gasteiger partial charge in [0.15, 0.2) is 0 Å². The van der Waals surface area contributed by atoms with E-state index in [-0.39, 0.29) is 11.2 Å². The summed E-state index contributed by atoms with van der Waals surface area (Å²) in [4.78, 5) is 10.4. The maximum atomic E-state index is 11.8. The van der Waals surface area contributed by atoms with Gasteiger partial charge in [0, 0.05) is 27.0 Å². The molecule has 0 amide bonds. The Labute approximate surface area is 357 Å². The summed E-state index contributed by atoms with van der Waals surface area (Å²) in [6.45, 7) is 8.63. The smallest absolute Gasteiger partial charge is 0.149 e. The van der Waals surface area contributed by atoms with Crippen molar-refractivity contribution in [3.63, 3.8) is 0 Å². The van der Waals surface area contributed by atoms with Crippen LogP contribution >= 0.6 is 0 Å². The lowest BCUT2D eigenvalue weighted by Crippen LogP contribution is -2.16. The van der Waals surface area contributed by atoms with Crippen LogP contribution in [0.3, 0.4) is 0 Å². The minimum absolute atomic E-state index is 0.0405. The van der Waals surface area contributed by atoms with E-state index < -0.39 is 6.85 Å². The van der Waals surface area contributed by atoms with E-state index in [4.69, 9.17) is 14.1 Å². The first-order valence-electron chi connectivity index (χ1n) is 22.1. The number of benzene rings is 7. The Kier molecular flexibility index (Phi) is 9.10. The van der Waals surface area contributed by atoms with Gasteiger partial charge in [0.1, 0.15) is 11.6 Å². The van der Waals surface area contributed by atoms with Crippen molar-refractivity contribution >= 4 is 11.0 Å². The van der Waals surface area contributed by atoms with E-state index in [1.807, 2.05) is 61.5 Å². The maximum Gasteiger partial charge on any atom is 0.149 e. The lowest BCUT2D eigenvalue weighted by molar-refractivity contribution is 0.472. The van der Waals surface area contributed by atoms with Crippen LogP contribution in [0.5, 0.6) is 5.75 Å². The predicted octanol–water partition coefficient (Wildman–Crippen LogP) is 14.7. The average molecular weight is 783 g/mol. The van der Waals surface area contributed by atoms with Gasteiger partial charge in [0.25, 0.3) is 0 Å². The normalized spacial score (nSPS) is 12.6. The van der Waals surface area contributed by atoms with Crippen molar-refractivity contribution in [3.8, 4) is 78.6 Å². The summed E-state index contributed by atoms with van der Waals surface area (Å²) in [6.07, 6.45) is 2.79. The third-order valence-corrected chi connectivity index (χ3v) is 12.0. The number of phenols is 1. The van der Waals surface area contributed by atoms with Gasteiger partial charge in [-0.1, -0.05) is 136 Å². The Morgan fingerprint density at radius 1 is 0.583 bits per heavy atom. The van der Waals surface area contributed by atoms with Gasteiger partial charge in [-0.3, -0.25) is 9.55 Å². The molecule has 0 unspecified atom stereocenters. The van der Waals surface area contributed by atoms with Crippen LogP contribution in [0, 0.1) is 20.7 Å². The van der Waals surface area contributed by atoms with E-state index >= 15 is 0 Å². The van der Waals surface area contributed by atoms with E-state index in [1.54, 1.807) is 18.3 Å². The zero-order chi connectivity index (χ0) is 44.0. The first-order chi connectivity index (χ1) is 30.3. The van der Waals surface area contributed by atoms with Crippen LogP contribution in [0.2, 0.25) is 0 Å². The molecular weight excluding hydrogens is 731 g/mol. The molecule has 2 heterocycles. The highest BCUT2D eigenvalue weighted by Gasteiger charge is 2.25. The van der Waals surface area contributed by atoms with Crippen LogP contribution in [0.15, 0.2) is 170 Å². The van der Waals surface area contributed by atoms with Crippen molar-refractivity contribution in [1.82, 2.24) is 14.5 Å². The SMILES string of the molecule is [2H]C([2H])([2H])c1ccc(-c2ccnc(-c3cc(-c4ccccc4)cc(-c4cccc5c4nc(-c4cc(C)cc(C)c4O)n5-c4ccc(C(C)(C)CC)cc4-c4ccccc4)c3)c2)cc1. The lowest BCUT2D eigenvalue weighted by atomic mass is 9.81. The minimum atomic E-state index is -2.17. The zero-order valence-electron chi connectivity index (χ0n) is 37.7. The number of hydrogen-bond donors (Lipinski definition) is 1. The molecule has 0 saturated carbocycles. The third kappa shape index (κ3) is 7.20. The Morgan fingerprint density at radius 2 is 1.28 bits per heavy atom. The third-order valence-electron chi connectivity index (χ3n) is 12.0. The second-order valence-electron chi connectivity index (χ2n) is 16.4. The molecule has 0 spiro atoms. The Hall–Kier alpha value is -7.04. The summed E-state index contributed by atoms with van der Waals surface area (Å²) >= 11 is 0. The predicted molar refractivity (Wildman–Crippen MR) is 251 cm³/mol. The molecule has 294 valence electrons. The second kappa shape index (κ2) is 15.6. The molecule has 7 aromatic carbocycles. The number of rotatable bonds is 9. The molecular formula is C56H49N3O. The van der Waals surface area contributed by atoms with Gasteiger partial charge < -0.3 is 5.11 Å². The fraction of sp³-hybridized carbons (Fsp3) is 0.143. The van der Waals surface area contributed by atoms with Crippen LogP contribution < -0.4 is 0 Å². The van der Waals surface area contributed by atoms with E-state index in [0.29, 0.717) is 17.0 Å². The Bertz CT molecular complexity index is 3130. The van der Waals surface area contributed by atoms with Crippen molar-refractivity contribution in [2.75, 3.05) is 0 Å². The quantitative estimate of drug-likeness (QED) is 0.159. The number of phenolic OH excluding ortho intramolecular Hbond substituents is 1. The molecule has 4 nitrogen and oxygen atoms in total. The fourth-order valence-corrected chi connectivity index (χ4v) is 8.25. The number of fused-ring (bicyclic) bond motifs is 1. The first kappa shape index (κ1) is 35.0. The van der Waals surface area contributed by atoms with Crippen LogP contribution in [0.4, 0.5) is 0 Å². The molecule has 0 aliphatic heterocycles. The van der Waals surface area contributed by atoms with Gasteiger partial charge in [-0.05, 0) is 137 Å². The molecule has 1 N–H and O–H groups in total. The number of hydrogen-bond acceptors (Lipinski definition) is 3. The standard InChI is InChI=1S/C56H49N3O/c1-7-56(5,6)46-25-26-51(48(35-46)41-17-12-9-13-18-41)59-52-20-14-19-47(53(52)58-55(59)49-30-37(3)29-38(4)54(49)60)44-31-43(39-15-10-8-11-16-39)32-45(33-44)50-34-42(27-28-57-50)40-23-21-36(2)22-24-40/h8-35,60H,7H2,1-6H3/i2D3. The van der Waals surface area contributed by atoms with Gasteiger partial charge in [-0.2, -0.15) is 0 Å². The lowest BCUT2D eigenvalue weighted by Gasteiger charge is -2.26. The highest BCUT2D eigenvalue weighted by Crippen LogP contribution is 2.43. The molecule has 0 bridgehead atoms. The van der Waals surface area contributed by atoms with Crippen LogP contribution in [0.25, 0.3) is 83.9 Å². The summed E-state index contributed by atoms with van der Waals surface area (Å²) in [5.41, 5.74) is 16.4. The summed E-state index contributed by atoms with van der Waals surface area (Å²) in [7, 11) is 0. The molecule has 9 aromatic rings. The van der Waals surface area contributed by atoms with Gasteiger partial charge in [-0.25, -0.2) is 4.98 Å². The van der Waals surface area contributed by atoms with E-state index in [0.717, 1.165) is 90.0 Å². The number of aromatic hydroxyl groups is 1. The van der Waals surface area contributed by atoms with Crippen molar-refractivity contribution in [2.45, 2.75) is 53.3 Å². The Balaban J connectivity index is 1.29. The summed E-state index contributed by atoms with van der Waals surface area (Å²) < 4.78 is 25.7. The summed E-state index contributed by atoms with van der Waals surface area (Å²) in [5.74, 6) is 0.857. The number of aromatic nitrogens is 3. The second-order valence-corrected chi connectivity index (χ2v) is 16.4. The Morgan fingerprint density at radius 3 is 2.02 bits per heavy atom. The van der Waals surface area contributed by atoms with Crippen molar-refractivity contribution in [2.24, 2.45) is 0 Å². The number of aryl methyl sites for hydroxylation is 3. The van der Waals surface area contributed by atoms with Crippen LogP contribution in [-0.4, -0.2) is 19.6 Å². The summed E-state index contributed by atoms with van der Waals surface area (Å²) in [6, 6.07) is 55.7. The van der Waals surface area contributed by atoms with Crippen molar-refractivity contribution in [1.29, 1.82) is 0 Å². The van der Waals surface area contributed by atoms with E-state index in [9.17, 15) is 5.11 Å². The number of imidazole rings is 1. The zero-order valence-corrected chi connectivity index (χ0v) is 34.7. The first-order valence-corrected chi connectivity index (χ1v) is 20.6. The number of pyridine rings is 1. The maximum absolute atomic E-state index is 11.8. The topological polar surface area (TPSA) is 50.9 Å². The van der Waals surface area contributed by atoms with E-state index in [2.05, 4.69) is 129 Å². The van der Waals surface area contributed by atoms with Crippen molar-refractivity contribution < 1.29 is 9.22 Å². The fourth-order valence-electron chi connectivity index (χ4n) is 8.25. The molecule has 0 fully saturated rings. The highest BCUT2D eigenvalue weighted by atomic mass is 16.3. The average Bonchev–Trinajstić information content (AvgIpc) is 3.69.